The fourth-order valence-corrected chi connectivity index (χ4v) is 4.80. The number of fused-ring (bicyclic) bond motifs is 1. The van der Waals surface area contributed by atoms with Crippen LogP contribution in [0.5, 0.6) is 0 Å². The van der Waals surface area contributed by atoms with E-state index in [0.29, 0.717) is 22.6 Å². The van der Waals surface area contributed by atoms with Gasteiger partial charge in [0.2, 0.25) is 0 Å². The molecule has 2 aromatic carbocycles. The summed E-state index contributed by atoms with van der Waals surface area (Å²) in [7, 11) is 0. The molecule has 5 rings (SSSR count). The first-order valence-electron chi connectivity index (χ1n) is 11.2. The quantitative estimate of drug-likeness (QED) is 0.478. The maximum Gasteiger partial charge on any atom is 0.416 e. The van der Waals surface area contributed by atoms with Gasteiger partial charge in [-0.05, 0) is 42.7 Å². The Morgan fingerprint density at radius 3 is 2.39 bits per heavy atom. The van der Waals surface area contributed by atoms with E-state index in [1.165, 1.54) is 0 Å². The lowest BCUT2D eigenvalue weighted by atomic mass is 9.94. The van der Waals surface area contributed by atoms with Crippen LogP contribution in [-0.2, 0) is 35.3 Å². The van der Waals surface area contributed by atoms with Crippen LogP contribution < -0.4 is 5.56 Å². The van der Waals surface area contributed by atoms with Crippen LogP contribution in [0.1, 0.15) is 46.6 Å². The van der Waals surface area contributed by atoms with Crippen LogP contribution in [0.4, 0.5) is 22.0 Å². The van der Waals surface area contributed by atoms with Gasteiger partial charge in [0.05, 0.1) is 28.8 Å². The molecule has 0 atom stereocenters. The van der Waals surface area contributed by atoms with Gasteiger partial charge in [0.15, 0.2) is 0 Å². The highest BCUT2D eigenvalue weighted by atomic mass is 35.5. The molecule has 0 saturated heterocycles. The molecule has 2 heterocycles. The third-order valence-electron chi connectivity index (χ3n) is 6.76. The Labute approximate surface area is 206 Å². The van der Waals surface area contributed by atoms with Crippen molar-refractivity contribution in [2.75, 3.05) is 6.54 Å². The predicted molar refractivity (Wildman–Crippen MR) is 121 cm³/mol. The van der Waals surface area contributed by atoms with Crippen molar-refractivity contribution < 1.29 is 26.7 Å². The van der Waals surface area contributed by atoms with Gasteiger partial charge >= 0.3 is 12.1 Å². The smallest absolute Gasteiger partial charge is 0.332 e. The minimum absolute atomic E-state index is 0.0578. The topological polar surface area (TPSA) is 66.1 Å². The van der Waals surface area contributed by atoms with Crippen molar-refractivity contribution in [3.8, 4) is 0 Å². The molecule has 2 aliphatic rings. The number of amides is 1. The van der Waals surface area contributed by atoms with Gasteiger partial charge in [0.25, 0.3) is 11.5 Å². The number of nitrogens with zero attached hydrogens (tertiary/aromatic N) is 2. The number of aromatic amines is 1. The van der Waals surface area contributed by atoms with E-state index in [-0.39, 0.29) is 24.6 Å². The molecule has 3 aromatic rings. The number of hydrogen-bond acceptors (Lipinski definition) is 3. The van der Waals surface area contributed by atoms with Gasteiger partial charge in [-0.25, -0.2) is 4.98 Å². The standard InChI is InChI=1S/C25H19ClF5N3O2/c26-17-6-2-3-14(12-17)23(8-9-23)21-32-19-7-10-34(13-18(19)20(35)33-21)22(36)24(27,28)15-4-1-5-16(11-15)25(29,30)31/h1-6,11-12H,7-10,13H2,(H,32,33,35). The number of nitrogens with one attached hydrogen (secondary N) is 1. The fraction of sp³-hybridized carbons (Fsp3) is 0.320. The average Bonchev–Trinajstić information content (AvgIpc) is 3.65. The first kappa shape index (κ1) is 24.4. The van der Waals surface area contributed by atoms with Crippen LogP contribution in [0.2, 0.25) is 5.02 Å². The molecular formula is C25H19ClF5N3O2. The minimum atomic E-state index is -4.83. The van der Waals surface area contributed by atoms with Gasteiger partial charge in [-0.3, -0.25) is 9.59 Å². The third-order valence-corrected chi connectivity index (χ3v) is 6.99. The van der Waals surface area contributed by atoms with E-state index in [9.17, 15) is 31.5 Å². The van der Waals surface area contributed by atoms with Crippen molar-refractivity contribution in [2.24, 2.45) is 0 Å². The molecule has 1 amide bonds. The molecule has 1 saturated carbocycles. The molecule has 188 valence electrons. The monoisotopic (exact) mass is 523 g/mol. The second-order valence-corrected chi connectivity index (χ2v) is 9.50. The number of carbonyl (C=O) groups excluding carboxylic acids is 1. The normalized spacial score (nSPS) is 17.0. The van der Waals surface area contributed by atoms with Crippen LogP contribution in [0.25, 0.3) is 0 Å². The van der Waals surface area contributed by atoms with E-state index in [1.54, 1.807) is 6.07 Å². The Morgan fingerprint density at radius 1 is 1.03 bits per heavy atom. The summed E-state index contributed by atoms with van der Waals surface area (Å²) >= 11 is 6.12. The summed E-state index contributed by atoms with van der Waals surface area (Å²) in [6.45, 7) is -0.573. The molecule has 1 aromatic heterocycles. The Balaban J connectivity index is 1.41. The molecule has 0 bridgehead atoms. The van der Waals surface area contributed by atoms with Crippen LogP contribution in [0, 0.1) is 0 Å². The van der Waals surface area contributed by atoms with Gasteiger partial charge in [0.1, 0.15) is 5.82 Å². The number of H-pyrrole nitrogens is 1. The second-order valence-electron chi connectivity index (χ2n) is 9.06. The molecule has 11 heteroatoms. The van der Waals surface area contributed by atoms with E-state index in [0.717, 1.165) is 35.4 Å². The molecule has 0 spiro atoms. The lowest BCUT2D eigenvalue weighted by Gasteiger charge is -2.31. The number of rotatable bonds is 4. The van der Waals surface area contributed by atoms with Crippen molar-refractivity contribution in [1.29, 1.82) is 0 Å². The SMILES string of the molecule is O=C(N1CCc2nc(C3(c4cccc(Cl)c4)CC3)[nH]c(=O)c2C1)C(F)(F)c1cccc(C(F)(F)F)c1. The highest BCUT2D eigenvalue weighted by molar-refractivity contribution is 6.30. The van der Waals surface area contributed by atoms with E-state index < -0.39 is 46.7 Å². The van der Waals surface area contributed by atoms with E-state index in [2.05, 4.69) is 9.97 Å². The third kappa shape index (κ3) is 4.17. The zero-order valence-electron chi connectivity index (χ0n) is 18.6. The largest absolute Gasteiger partial charge is 0.416 e. The zero-order chi connectivity index (χ0) is 25.9. The lowest BCUT2D eigenvalue weighted by Crippen LogP contribution is -2.46. The molecule has 1 aliphatic heterocycles. The van der Waals surface area contributed by atoms with Gasteiger partial charge in [-0.15, -0.1) is 0 Å². The molecular weight excluding hydrogens is 505 g/mol. The summed E-state index contributed by atoms with van der Waals surface area (Å²) in [6.07, 6.45) is -3.27. The molecule has 36 heavy (non-hydrogen) atoms. The number of hydrogen-bond donors (Lipinski definition) is 1. The number of aromatic nitrogens is 2. The summed E-state index contributed by atoms with van der Waals surface area (Å²) in [5.74, 6) is -5.42. The Morgan fingerprint density at radius 2 is 1.72 bits per heavy atom. The van der Waals surface area contributed by atoms with Crippen LogP contribution in [0.15, 0.2) is 53.3 Å². The Bertz CT molecular complexity index is 1420. The summed E-state index contributed by atoms with van der Waals surface area (Å²) in [4.78, 5) is 33.8. The molecule has 1 fully saturated rings. The number of halogens is 6. The Hall–Kier alpha value is -3.27. The summed E-state index contributed by atoms with van der Waals surface area (Å²) < 4.78 is 68.8. The van der Waals surface area contributed by atoms with Crippen LogP contribution in [0.3, 0.4) is 0 Å². The number of carbonyl (C=O) groups is 1. The first-order valence-corrected chi connectivity index (χ1v) is 11.5. The maximum atomic E-state index is 15.0. The highest BCUT2D eigenvalue weighted by Crippen LogP contribution is 2.52. The summed E-state index contributed by atoms with van der Waals surface area (Å²) in [6, 6.07) is 9.78. The number of benzene rings is 2. The highest BCUT2D eigenvalue weighted by Gasteiger charge is 2.50. The molecule has 5 nitrogen and oxygen atoms in total. The van der Waals surface area contributed by atoms with E-state index in [4.69, 9.17) is 11.6 Å². The van der Waals surface area contributed by atoms with E-state index in [1.807, 2.05) is 18.2 Å². The molecule has 0 unspecified atom stereocenters. The predicted octanol–water partition coefficient (Wildman–Crippen LogP) is 5.20. The van der Waals surface area contributed by atoms with Gasteiger partial charge in [-0.1, -0.05) is 35.9 Å². The van der Waals surface area contributed by atoms with Crippen LogP contribution in [-0.4, -0.2) is 27.3 Å². The zero-order valence-corrected chi connectivity index (χ0v) is 19.4. The van der Waals surface area contributed by atoms with E-state index >= 15 is 0 Å². The van der Waals surface area contributed by atoms with Crippen molar-refractivity contribution in [3.05, 3.63) is 97.7 Å². The average molecular weight is 524 g/mol. The van der Waals surface area contributed by atoms with Gasteiger partial charge < -0.3 is 9.88 Å². The van der Waals surface area contributed by atoms with Crippen molar-refractivity contribution in [3.63, 3.8) is 0 Å². The van der Waals surface area contributed by atoms with Gasteiger partial charge in [-0.2, -0.15) is 22.0 Å². The summed E-state index contributed by atoms with van der Waals surface area (Å²) in [5.41, 5.74) is -1.96. The molecule has 0 radical (unpaired) electrons. The number of alkyl halides is 5. The maximum absolute atomic E-state index is 15.0. The summed E-state index contributed by atoms with van der Waals surface area (Å²) in [5, 5.41) is 0.551. The van der Waals surface area contributed by atoms with Gasteiger partial charge in [0, 0.05) is 23.6 Å². The minimum Gasteiger partial charge on any atom is -0.332 e. The molecule has 1 N–H and O–H groups in total. The van der Waals surface area contributed by atoms with Crippen molar-refractivity contribution >= 4 is 17.5 Å². The fourth-order valence-electron chi connectivity index (χ4n) is 4.61. The first-order chi connectivity index (χ1) is 16.9. The molecule has 1 aliphatic carbocycles. The lowest BCUT2D eigenvalue weighted by molar-refractivity contribution is -0.160. The second kappa shape index (κ2) is 8.40. The van der Waals surface area contributed by atoms with Crippen molar-refractivity contribution in [2.45, 2.75) is 43.3 Å². The Kier molecular flexibility index (Phi) is 5.70. The van der Waals surface area contributed by atoms with Crippen molar-refractivity contribution in [1.82, 2.24) is 14.9 Å². The van der Waals surface area contributed by atoms with Crippen LogP contribution >= 0.6 is 11.6 Å².